The van der Waals surface area contributed by atoms with Gasteiger partial charge in [-0.25, -0.2) is 0 Å². The SMILES string of the molecule is BrC12CC3CC(C1)CC(Cc1nc(C4CCOC4)no1)(C3)C2. The van der Waals surface area contributed by atoms with Gasteiger partial charge < -0.3 is 9.26 Å². The van der Waals surface area contributed by atoms with Crippen LogP contribution >= 0.6 is 15.9 Å². The average Bonchev–Trinajstić information content (AvgIpc) is 3.05. The van der Waals surface area contributed by atoms with Crippen molar-refractivity contribution in [1.82, 2.24) is 10.1 Å². The van der Waals surface area contributed by atoms with Crippen LogP contribution in [-0.2, 0) is 11.2 Å². The number of hydrogen-bond donors (Lipinski definition) is 0. The van der Waals surface area contributed by atoms with Gasteiger partial charge >= 0.3 is 0 Å². The number of nitrogens with zero attached hydrogens (tertiary/aromatic N) is 2. The molecule has 120 valence electrons. The Morgan fingerprint density at radius 2 is 2.00 bits per heavy atom. The van der Waals surface area contributed by atoms with E-state index in [1.165, 1.54) is 38.5 Å². The van der Waals surface area contributed by atoms with Crippen molar-refractivity contribution < 1.29 is 9.26 Å². The smallest absolute Gasteiger partial charge is 0.227 e. The van der Waals surface area contributed by atoms with Gasteiger partial charge in [0.25, 0.3) is 0 Å². The van der Waals surface area contributed by atoms with Crippen LogP contribution in [0.4, 0.5) is 0 Å². The van der Waals surface area contributed by atoms with Crippen molar-refractivity contribution in [3.05, 3.63) is 11.7 Å². The Balaban J connectivity index is 1.37. The molecule has 0 aromatic carbocycles. The third-order valence-electron chi connectivity index (χ3n) is 6.42. The minimum Gasteiger partial charge on any atom is -0.381 e. The molecule has 0 amide bonds. The molecule has 1 aromatic rings. The van der Waals surface area contributed by atoms with Crippen LogP contribution in [0.1, 0.15) is 62.6 Å². The molecule has 4 nitrogen and oxygen atoms in total. The minimum atomic E-state index is 0.344. The Kier molecular flexibility index (Phi) is 3.04. The summed E-state index contributed by atoms with van der Waals surface area (Å²) in [7, 11) is 0. The van der Waals surface area contributed by atoms with Gasteiger partial charge in [0.15, 0.2) is 5.82 Å². The molecule has 4 bridgehead atoms. The van der Waals surface area contributed by atoms with Crippen molar-refractivity contribution in [2.45, 2.75) is 61.6 Å². The maximum absolute atomic E-state index is 5.62. The molecule has 4 saturated carbocycles. The van der Waals surface area contributed by atoms with Crippen molar-refractivity contribution in [3.63, 3.8) is 0 Å². The van der Waals surface area contributed by atoms with Gasteiger partial charge in [-0.1, -0.05) is 21.1 Å². The molecule has 1 aromatic heterocycles. The molecule has 2 heterocycles. The van der Waals surface area contributed by atoms with Gasteiger partial charge in [-0.2, -0.15) is 4.98 Å². The largest absolute Gasteiger partial charge is 0.381 e. The highest BCUT2D eigenvalue weighted by Crippen LogP contribution is 2.65. The van der Waals surface area contributed by atoms with E-state index in [0.29, 0.717) is 15.7 Å². The Hall–Kier alpha value is -0.420. The molecule has 3 atom stereocenters. The summed E-state index contributed by atoms with van der Waals surface area (Å²) in [6.45, 7) is 1.58. The summed E-state index contributed by atoms with van der Waals surface area (Å²) in [5.74, 6) is 3.89. The van der Waals surface area contributed by atoms with E-state index in [9.17, 15) is 0 Å². The number of hydrogen-bond acceptors (Lipinski definition) is 4. The van der Waals surface area contributed by atoms with Crippen molar-refractivity contribution in [2.75, 3.05) is 13.2 Å². The van der Waals surface area contributed by atoms with Crippen molar-refractivity contribution in [1.29, 1.82) is 0 Å². The monoisotopic (exact) mass is 366 g/mol. The van der Waals surface area contributed by atoms with Crippen LogP contribution in [0, 0.1) is 17.3 Å². The quantitative estimate of drug-likeness (QED) is 0.762. The molecular formula is C17H23BrN2O2. The zero-order chi connectivity index (χ0) is 14.8. The van der Waals surface area contributed by atoms with Crippen LogP contribution in [0.5, 0.6) is 0 Å². The maximum atomic E-state index is 5.62. The molecule has 22 heavy (non-hydrogen) atoms. The van der Waals surface area contributed by atoms with Gasteiger partial charge in [0.2, 0.25) is 5.89 Å². The molecule has 4 aliphatic carbocycles. The van der Waals surface area contributed by atoms with Gasteiger partial charge in [-0.05, 0) is 62.2 Å². The Labute approximate surface area is 139 Å². The number of alkyl halides is 1. The first kappa shape index (κ1) is 14.0. The summed E-state index contributed by atoms with van der Waals surface area (Å²) in [5.41, 5.74) is 0.406. The topological polar surface area (TPSA) is 48.2 Å². The fourth-order valence-electron chi connectivity index (χ4n) is 6.11. The summed E-state index contributed by atoms with van der Waals surface area (Å²) in [5, 5.41) is 4.24. The van der Waals surface area contributed by atoms with E-state index in [1.807, 2.05) is 0 Å². The van der Waals surface area contributed by atoms with Crippen molar-refractivity contribution in [3.8, 4) is 0 Å². The zero-order valence-electron chi connectivity index (χ0n) is 12.9. The van der Waals surface area contributed by atoms with E-state index in [4.69, 9.17) is 14.2 Å². The third-order valence-corrected chi connectivity index (χ3v) is 7.34. The maximum Gasteiger partial charge on any atom is 0.227 e. The predicted octanol–water partition coefficient (Wildman–Crippen LogP) is 3.85. The Morgan fingerprint density at radius 3 is 2.68 bits per heavy atom. The summed E-state index contributed by atoms with van der Waals surface area (Å²) >= 11 is 4.08. The highest BCUT2D eigenvalue weighted by Gasteiger charge is 2.57. The predicted molar refractivity (Wildman–Crippen MR) is 85.0 cm³/mol. The lowest BCUT2D eigenvalue weighted by molar-refractivity contribution is -0.0383. The molecule has 0 N–H and O–H groups in total. The second kappa shape index (κ2) is 4.79. The zero-order valence-corrected chi connectivity index (χ0v) is 14.5. The van der Waals surface area contributed by atoms with Crippen LogP contribution in [0.15, 0.2) is 4.52 Å². The summed E-state index contributed by atoms with van der Waals surface area (Å²) in [6.07, 6.45) is 10.2. The lowest BCUT2D eigenvalue weighted by Gasteiger charge is -2.60. The molecule has 0 spiro atoms. The van der Waals surface area contributed by atoms with E-state index >= 15 is 0 Å². The fourth-order valence-corrected chi connectivity index (χ4v) is 7.62. The summed E-state index contributed by atoms with van der Waals surface area (Å²) in [6, 6.07) is 0. The van der Waals surface area contributed by atoms with Gasteiger partial charge in [0, 0.05) is 23.3 Å². The van der Waals surface area contributed by atoms with Gasteiger partial charge in [-0.3, -0.25) is 0 Å². The summed E-state index contributed by atoms with van der Waals surface area (Å²) < 4.78 is 11.5. The summed E-state index contributed by atoms with van der Waals surface area (Å²) in [4.78, 5) is 4.72. The normalized spacial score (nSPS) is 46.5. The van der Waals surface area contributed by atoms with Crippen molar-refractivity contribution in [2.24, 2.45) is 17.3 Å². The van der Waals surface area contributed by atoms with Gasteiger partial charge in [0.05, 0.1) is 6.61 Å². The Morgan fingerprint density at radius 1 is 1.18 bits per heavy atom. The second-order valence-electron chi connectivity index (χ2n) is 8.40. The molecule has 5 fully saturated rings. The second-order valence-corrected chi connectivity index (χ2v) is 10.1. The third kappa shape index (κ3) is 2.27. The standard InChI is InChI=1S/C17H23BrN2O2/c18-17-6-11-3-12(7-17)5-16(4-11,10-17)8-14-19-15(20-22-14)13-1-2-21-9-13/h11-13H,1-10H2. The van der Waals surface area contributed by atoms with Crippen LogP contribution in [0.2, 0.25) is 0 Å². The number of rotatable bonds is 3. The van der Waals surface area contributed by atoms with Crippen LogP contribution in [0.3, 0.4) is 0 Å². The highest BCUT2D eigenvalue weighted by molar-refractivity contribution is 9.10. The Bertz CT molecular complexity index is 567. The molecule has 3 unspecified atom stereocenters. The molecule has 0 radical (unpaired) electrons. The molecule has 5 aliphatic rings. The van der Waals surface area contributed by atoms with Crippen LogP contribution in [-0.4, -0.2) is 27.7 Å². The van der Waals surface area contributed by atoms with Crippen molar-refractivity contribution >= 4 is 15.9 Å². The van der Waals surface area contributed by atoms with Crippen LogP contribution < -0.4 is 0 Å². The number of halogens is 1. The minimum absolute atomic E-state index is 0.344. The highest BCUT2D eigenvalue weighted by atomic mass is 79.9. The van der Waals surface area contributed by atoms with E-state index in [-0.39, 0.29) is 0 Å². The average molecular weight is 367 g/mol. The van der Waals surface area contributed by atoms with Gasteiger partial charge in [0.1, 0.15) is 0 Å². The number of aromatic nitrogens is 2. The van der Waals surface area contributed by atoms with Crippen LogP contribution in [0.25, 0.3) is 0 Å². The molecule has 1 aliphatic heterocycles. The van der Waals surface area contributed by atoms with E-state index < -0.39 is 0 Å². The lowest BCUT2D eigenvalue weighted by Crippen LogP contribution is -2.53. The van der Waals surface area contributed by atoms with E-state index in [1.54, 1.807) is 0 Å². The molecule has 6 rings (SSSR count). The lowest BCUT2D eigenvalue weighted by atomic mass is 9.48. The van der Waals surface area contributed by atoms with E-state index in [0.717, 1.165) is 49.6 Å². The molecule has 1 saturated heterocycles. The first-order valence-electron chi connectivity index (χ1n) is 8.71. The fraction of sp³-hybridized carbons (Fsp3) is 0.882. The first-order chi connectivity index (χ1) is 10.6. The molecule has 5 heteroatoms. The molecular weight excluding hydrogens is 344 g/mol. The number of ether oxygens (including phenoxy) is 1. The van der Waals surface area contributed by atoms with Gasteiger partial charge in [-0.15, -0.1) is 0 Å². The first-order valence-corrected chi connectivity index (χ1v) is 9.50. The van der Waals surface area contributed by atoms with E-state index in [2.05, 4.69) is 21.1 Å².